The zero-order valence-electron chi connectivity index (χ0n) is 32.0. The number of hydrogen-bond acceptors (Lipinski definition) is 6. The van der Waals surface area contributed by atoms with Crippen molar-refractivity contribution in [1.29, 1.82) is 0 Å². The van der Waals surface area contributed by atoms with Crippen LogP contribution in [-0.4, -0.2) is 17.5 Å². The molecular formula is C45H56O6. The Balaban J connectivity index is 1.30. The highest BCUT2D eigenvalue weighted by Crippen LogP contribution is 2.54. The fourth-order valence-electron chi connectivity index (χ4n) is 8.32. The van der Waals surface area contributed by atoms with Gasteiger partial charge in [-0.05, 0) is 121 Å². The lowest BCUT2D eigenvalue weighted by Crippen LogP contribution is -2.45. The number of rotatable bonds is 12. The van der Waals surface area contributed by atoms with Crippen molar-refractivity contribution in [3.05, 3.63) is 81.9 Å². The molecule has 6 rings (SSSR count). The minimum Gasteiger partial charge on any atom is -0.487 e. The Hall–Kier alpha value is -4.06. The standard InChI is InChI=1S/C45H56O6/c1-9-11-13-15-30-23-36(42-32-21-28(3)17-19-34(32)44(5,6)50-38(42)25-30)48-40(46)27-41(47)49-37-24-31(16-14-12-10-2)26-39-43(37)33-22-29(4)18-20-35(33)45(7,8)51-39/h17,19,21-26,33,35H,9-16,18,20,27H2,1-8H3/t33-,35-/m1/s1. The molecule has 3 aromatic carbocycles. The predicted octanol–water partition coefficient (Wildman–Crippen LogP) is 11.3. The molecule has 0 saturated carbocycles. The quantitative estimate of drug-likeness (QED) is 0.0618. The fourth-order valence-corrected chi connectivity index (χ4v) is 8.32. The maximum atomic E-state index is 13.7. The molecule has 0 spiro atoms. The first-order valence-corrected chi connectivity index (χ1v) is 19.2. The summed E-state index contributed by atoms with van der Waals surface area (Å²) in [5, 5.41) is 0. The number of unbranched alkanes of at least 4 members (excludes halogenated alkanes) is 4. The highest BCUT2D eigenvalue weighted by Gasteiger charge is 2.46. The fraction of sp³-hybridized carbons (Fsp3) is 0.511. The molecule has 0 bridgehead atoms. The summed E-state index contributed by atoms with van der Waals surface area (Å²) in [7, 11) is 0. The Morgan fingerprint density at radius 1 is 0.784 bits per heavy atom. The summed E-state index contributed by atoms with van der Waals surface area (Å²) in [4.78, 5) is 27.3. The van der Waals surface area contributed by atoms with E-state index in [1.807, 2.05) is 12.1 Å². The van der Waals surface area contributed by atoms with E-state index in [1.165, 1.54) is 5.57 Å². The summed E-state index contributed by atoms with van der Waals surface area (Å²) in [5.41, 5.74) is 7.27. The van der Waals surface area contributed by atoms with Crippen LogP contribution in [0.25, 0.3) is 11.1 Å². The second-order valence-corrected chi connectivity index (χ2v) is 16.1. The molecule has 272 valence electrons. The molecule has 3 aromatic rings. The van der Waals surface area contributed by atoms with Crippen LogP contribution in [0, 0.1) is 12.8 Å². The van der Waals surface area contributed by atoms with Gasteiger partial charge in [-0.15, -0.1) is 0 Å². The van der Waals surface area contributed by atoms with E-state index in [2.05, 4.69) is 91.8 Å². The number of hydrogen-bond donors (Lipinski definition) is 0. The van der Waals surface area contributed by atoms with Crippen LogP contribution in [0.15, 0.2) is 54.1 Å². The maximum Gasteiger partial charge on any atom is 0.322 e. The van der Waals surface area contributed by atoms with Gasteiger partial charge < -0.3 is 18.9 Å². The summed E-state index contributed by atoms with van der Waals surface area (Å²) in [6, 6.07) is 14.4. The normalized spacial score (nSPS) is 19.3. The first-order chi connectivity index (χ1) is 24.3. The summed E-state index contributed by atoms with van der Waals surface area (Å²) < 4.78 is 25.5. The summed E-state index contributed by atoms with van der Waals surface area (Å²) >= 11 is 0. The second kappa shape index (κ2) is 14.9. The van der Waals surface area contributed by atoms with Gasteiger partial charge >= 0.3 is 11.9 Å². The molecule has 0 fully saturated rings. The molecular weight excluding hydrogens is 636 g/mol. The van der Waals surface area contributed by atoms with Gasteiger partial charge in [-0.25, -0.2) is 0 Å². The van der Waals surface area contributed by atoms with E-state index < -0.39 is 24.0 Å². The first kappa shape index (κ1) is 36.7. The van der Waals surface area contributed by atoms with E-state index in [9.17, 15) is 9.59 Å². The Morgan fingerprint density at radius 3 is 2.08 bits per heavy atom. The molecule has 2 aliphatic heterocycles. The molecule has 0 radical (unpaired) electrons. The lowest BCUT2D eigenvalue weighted by Gasteiger charge is -2.46. The maximum absolute atomic E-state index is 13.7. The van der Waals surface area contributed by atoms with E-state index in [-0.39, 0.29) is 17.4 Å². The minimum absolute atomic E-state index is 0.0617. The van der Waals surface area contributed by atoms with Crippen molar-refractivity contribution in [3.8, 4) is 34.1 Å². The summed E-state index contributed by atoms with van der Waals surface area (Å²) in [5.74, 6) is 1.37. The van der Waals surface area contributed by atoms with Crippen LogP contribution in [0.4, 0.5) is 0 Å². The first-order valence-electron chi connectivity index (χ1n) is 19.2. The molecule has 2 atom stereocenters. The second-order valence-electron chi connectivity index (χ2n) is 16.1. The van der Waals surface area contributed by atoms with Crippen molar-refractivity contribution in [2.45, 2.75) is 143 Å². The Bertz CT molecular complexity index is 1830. The molecule has 2 heterocycles. The van der Waals surface area contributed by atoms with E-state index in [0.29, 0.717) is 17.2 Å². The molecule has 0 amide bonds. The van der Waals surface area contributed by atoms with Crippen LogP contribution in [0.3, 0.4) is 0 Å². The number of esters is 2. The Morgan fingerprint density at radius 2 is 1.41 bits per heavy atom. The predicted molar refractivity (Wildman–Crippen MR) is 203 cm³/mol. The number of carbonyl (C=O) groups is 2. The van der Waals surface area contributed by atoms with Gasteiger partial charge in [0.1, 0.15) is 40.6 Å². The number of fused-ring (bicyclic) bond motifs is 6. The number of aryl methyl sites for hydroxylation is 3. The van der Waals surface area contributed by atoms with E-state index >= 15 is 0 Å². The van der Waals surface area contributed by atoms with Gasteiger partial charge in [0.2, 0.25) is 0 Å². The van der Waals surface area contributed by atoms with Gasteiger partial charge in [0, 0.05) is 23.0 Å². The Labute approximate surface area is 304 Å². The average Bonchev–Trinajstić information content (AvgIpc) is 3.03. The van der Waals surface area contributed by atoms with Crippen molar-refractivity contribution < 1.29 is 28.5 Å². The third-order valence-corrected chi connectivity index (χ3v) is 11.0. The van der Waals surface area contributed by atoms with Crippen LogP contribution in [0.2, 0.25) is 0 Å². The van der Waals surface area contributed by atoms with Crippen molar-refractivity contribution in [3.63, 3.8) is 0 Å². The lowest BCUT2D eigenvalue weighted by molar-refractivity contribution is -0.144. The highest BCUT2D eigenvalue weighted by atomic mass is 16.6. The molecule has 0 aromatic heterocycles. The van der Waals surface area contributed by atoms with Crippen LogP contribution in [0.1, 0.15) is 140 Å². The van der Waals surface area contributed by atoms with E-state index in [1.54, 1.807) is 0 Å². The van der Waals surface area contributed by atoms with Crippen LogP contribution in [-0.2, 0) is 28.0 Å². The van der Waals surface area contributed by atoms with E-state index in [0.717, 1.165) is 109 Å². The smallest absolute Gasteiger partial charge is 0.322 e. The number of ether oxygens (including phenoxy) is 4. The van der Waals surface area contributed by atoms with Gasteiger partial charge in [-0.3, -0.25) is 9.59 Å². The van der Waals surface area contributed by atoms with Crippen LogP contribution >= 0.6 is 0 Å². The molecule has 51 heavy (non-hydrogen) atoms. The number of benzene rings is 3. The summed E-state index contributed by atoms with van der Waals surface area (Å²) in [6.45, 7) is 17.0. The molecule has 6 nitrogen and oxygen atoms in total. The summed E-state index contributed by atoms with van der Waals surface area (Å²) in [6.07, 6.45) is 12.0. The van der Waals surface area contributed by atoms with Crippen molar-refractivity contribution in [2.24, 2.45) is 5.92 Å². The third-order valence-electron chi connectivity index (χ3n) is 11.0. The number of carbonyl (C=O) groups excluding carboxylic acids is 2. The van der Waals surface area contributed by atoms with Crippen molar-refractivity contribution in [1.82, 2.24) is 0 Å². The van der Waals surface area contributed by atoms with Gasteiger partial charge in [0.05, 0.1) is 5.56 Å². The van der Waals surface area contributed by atoms with Gasteiger partial charge in [0.15, 0.2) is 0 Å². The molecule has 3 aliphatic rings. The molecule has 0 saturated heterocycles. The lowest BCUT2D eigenvalue weighted by atomic mass is 9.68. The van der Waals surface area contributed by atoms with E-state index in [4.69, 9.17) is 18.9 Å². The SMILES string of the molecule is CCCCCc1cc(OC(=O)CC(=O)Oc2cc(CCCCC)cc3c2[C@@H]2C=C(C)CC[C@H]2C(C)(C)O3)c2c(c1)OC(C)(C)c1ccc(C)cc1-2. The molecule has 0 unspecified atom stereocenters. The largest absolute Gasteiger partial charge is 0.487 e. The van der Waals surface area contributed by atoms with Crippen LogP contribution < -0.4 is 18.9 Å². The molecule has 0 N–H and O–H groups in total. The minimum atomic E-state index is -0.663. The van der Waals surface area contributed by atoms with Crippen LogP contribution in [0.5, 0.6) is 23.0 Å². The zero-order chi connectivity index (χ0) is 36.5. The average molecular weight is 693 g/mol. The van der Waals surface area contributed by atoms with Crippen molar-refractivity contribution >= 4 is 11.9 Å². The molecule has 1 aliphatic carbocycles. The molecule has 6 heteroatoms. The van der Waals surface area contributed by atoms with Gasteiger partial charge in [-0.1, -0.05) is 74.9 Å². The zero-order valence-corrected chi connectivity index (χ0v) is 32.0. The Kier molecular flexibility index (Phi) is 10.7. The number of allylic oxidation sites excluding steroid dienone is 2. The topological polar surface area (TPSA) is 71.1 Å². The highest BCUT2D eigenvalue weighted by molar-refractivity contribution is 5.94. The van der Waals surface area contributed by atoms with Gasteiger partial charge in [0.25, 0.3) is 0 Å². The monoisotopic (exact) mass is 692 g/mol. The third kappa shape index (κ3) is 7.90. The van der Waals surface area contributed by atoms with Gasteiger partial charge in [-0.2, -0.15) is 0 Å². The van der Waals surface area contributed by atoms with Crippen molar-refractivity contribution in [2.75, 3.05) is 0 Å².